The maximum absolute atomic E-state index is 13.1. The van der Waals surface area contributed by atoms with Crippen molar-refractivity contribution < 1.29 is 18.3 Å². The van der Waals surface area contributed by atoms with Crippen molar-refractivity contribution in [3.63, 3.8) is 0 Å². The lowest BCUT2D eigenvalue weighted by molar-refractivity contribution is 0.119. The Labute approximate surface area is 123 Å². The van der Waals surface area contributed by atoms with Gasteiger partial charge >= 0.3 is 0 Å². The summed E-state index contributed by atoms with van der Waals surface area (Å²) in [4.78, 5) is 1.83. The second-order valence-corrected chi connectivity index (χ2v) is 5.37. The van der Waals surface area contributed by atoms with Crippen molar-refractivity contribution in [3.05, 3.63) is 58.0 Å². The molecule has 0 aliphatic rings. The molecule has 1 aromatic carbocycles. The lowest BCUT2D eigenvalue weighted by Crippen LogP contribution is -2.24. The minimum atomic E-state index is -0.959. The van der Waals surface area contributed by atoms with E-state index >= 15 is 0 Å². The highest BCUT2D eigenvalue weighted by atomic mass is 79.9. The summed E-state index contributed by atoms with van der Waals surface area (Å²) >= 11 is 3.21. The van der Waals surface area contributed by atoms with E-state index in [1.807, 2.05) is 11.0 Å². The van der Waals surface area contributed by atoms with Crippen molar-refractivity contribution in [3.8, 4) is 0 Å². The van der Waals surface area contributed by atoms with E-state index in [2.05, 4.69) is 15.9 Å². The number of nitrogens with zero attached hydrogens (tertiary/aromatic N) is 1. The fourth-order valence-electron chi connectivity index (χ4n) is 1.89. The van der Waals surface area contributed by atoms with Crippen LogP contribution in [-0.2, 0) is 6.54 Å². The van der Waals surface area contributed by atoms with Gasteiger partial charge in [-0.1, -0.05) is 6.07 Å². The van der Waals surface area contributed by atoms with Crippen LogP contribution in [0.25, 0.3) is 0 Å². The number of rotatable bonds is 5. The Hall–Kier alpha value is -1.24. The number of halogens is 3. The quantitative estimate of drug-likeness (QED) is 0.901. The maximum atomic E-state index is 13.1. The number of aliphatic hydroxyl groups excluding tert-OH is 1. The molecule has 0 saturated carbocycles. The predicted molar refractivity (Wildman–Crippen MR) is 74.1 cm³/mol. The first-order valence-electron chi connectivity index (χ1n) is 6.01. The highest BCUT2D eigenvalue weighted by molar-refractivity contribution is 9.10. The molecule has 20 heavy (non-hydrogen) atoms. The van der Waals surface area contributed by atoms with E-state index in [-0.39, 0.29) is 6.54 Å². The molecule has 6 heteroatoms. The monoisotopic (exact) mass is 345 g/mol. The molecule has 1 atom stereocenters. The van der Waals surface area contributed by atoms with E-state index in [1.165, 1.54) is 6.07 Å². The van der Waals surface area contributed by atoms with Gasteiger partial charge in [0.25, 0.3) is 0 Å². The summed E-state index contributed by atoms with van der Waals surface area (Å²) in [7, 11) is 1.81. The third-order valence-corrected chi connectivity index (χ3v) is 3.29. The van der Waals surface area contributed by atoms with Gasteiger partial charge in [-0.3, -0.25) is 4.90 Å². The molecule has 0 amide bonds. The molecule has 1 unspecified atom stereocenters. The van der Waals surface area contributed by atoms with Gasteiger partial charge in [0.1, 0.15) is 5.76 Å². The second-order valence-electron chi connectivity index (χ2n) is 4.59. The van der Waals surface area contributed by atoms with E-state index in [4.69, 9.17) is 4.42 Å². The fraction of sp³-hybridized carbons (Fsp3) is 0.286. The van der Waals surface area contributed by atoms with Gasteiger partial charge in [0.15, 0.2) is 16.3 Å². The summed E-state index contributed by atoms with van der Waals surface area (Å²) < 4.78 is 31.9. The minimum absolute atomic E-state index is 0.281. The summed E-state index contributed by atoms with van der Waals surface area (Å²) in [6.07, 6.45) is -0.895. The zero-order valence-corrected chi connectivity index (χ0v) is 12.4. The van der Waals surface area contributed by atoms with Crippen LogP contribution in [-0.4, -0.2) is 23.6 Å². The van der Waals surface area contributed by atoms with Gasteiger partial charge < -0.3 is 9.52 Å². The third kappa shape index (κ3) is 3.88. The van der Waals surface area contributed by atoms with Crippen LogP contribution in [0.1, 0.15) is 17.4 Å². The molecule has 0 fully saturated rings. The molecule has 1 N–H and O–H groups in total. The second kappa shape index (κ2) is 6.47. The highest BCUT2D eigenvalue weighted by Crippen LogP contribution is 2.19. The summed E-state index contributed by atoms with van der Waals surface area (Å²) in [6, 6.07) is 7.01. The average Bonchev–Trinajstić information content (AvgIpc) is 2.77. The molecule has 2 rings (SSSR count). The van der Waals surface area contributed by atoms with E-state index in [0.717, 1.165) is 17.9 Å². The minimum Gasteiger partial charge on any atom is -0.453 e. The smallest absolute Gasteiger partial charge is 0.169 e. The van der Waals surface area contributed by atoms with Crippen LogP contribution >= 0.6 is 15.9 Å². The third-order valence-electron chi connectivity index (χ3n) is 2.87. The first-order chi connectivity index (χ1) is 9.45. The van der Waals surface area contributed by atoms with Gasteiger partial charge in [-0.25, -0.2) is 8.78 Å². The zero-order valence-electron chi connectivity index (χ0n) is 10.8. The van der Waals surface area contributed by atoms with Crippen LogP contribution in [0, 0.1) is 11.6 Å². The molecule has 0 bridgehead atoms. The lowest BCUT2D eigenvalue weighted by Gasteiger charge is -2.19. The normalized spacial score (nSPS) is 12.9. The first kappa shape index (κ1) is 15.2. The highest BCUT2D eigenvalue weighted by Gasteiger charge is 2.14. The van der Waals surface area contributed by atoms with Crippen LogP contribution in [0.4, 0.5) is 8.78 Å². The van der Waals surface area contributed by atoms with E-state index in [9.17, 15) is 13.9 Å². The van der Waals surface area contributed by atoms with Crippen molar-refractivity contribution in [2.75, 3.05) is 13.6 Å². The van der Waals surface area contributed by atoms with Gasteiger partial charge in [-0.2, -0.15) is 0 Å². The summed E-state index contributed by atoms with van der Waals surface area (Å²) in [5.74, 6) is -1.13. The van der Waals surface area contributed by atoms with Gasteiger partial charge in [-0.15, -0.1) is 0 Å². The topological polar surface area (TPSA) is 36.6 Å². The largest absolute Gasteiger partial charge is 0.453 e. The Morgan fingerprint density at radius 3 is 2.60 bits per heavy atom. The van der Waals surface area contributed by atoms with Crippen LogP contribution in [0.3, 0.4) is 0 Å². The van der Waals surface area contributed by atoms with Crippen molar-refractivity contribution in [2.24, 2.45) is 0 Å². The fourth-order valence-corrected chi connectivity index (χ4v) is 2.23. The van der Waals surface area contributed by atoms with Crippen LogP contribution in [0.2, 0.25) is 0 Å². The molecule has 3 nitrogen and oxygen atoms in total. The number of furan rings is 1. The molecule has 0 radical (unpaired) electrons. The molecular weight excluding hydrogens is 332 g/mol. The van der Waals surface area contributed by atoms with Crippen LogP contribution in [0.15, 0.2) is 39.4 Å². The van der Waals surface area contributed by atoms with E-state index in [1.54, 1.807) is 13.1 Å². The summed E-state index contributed by atoms with van der Waals surface area (Å²) in [6.45, 7) is 0.787. The van der Waals surface area contributed by atoms with Crippen LogP contribution in [0.5, 0.6) is 0 Å². The van der Waals surface area contributed by atoms with Gasteiger partial charge in [0.05, 0.1) is 12.6 Å². The van der Waals surface area contributed by atoms with Crippen molar-refractivity contribution in [1.29, 1.82) is 0 Å². The number of likely N-dealkylation sites (N-methyl/N-ethyl adjacent to an activating group) is 1. The Balaban J connectivity index is 1.96. The summed E-state index contributed by atoms with van der Waals surface area (Å²) in [5.41, 5.74) is 0.344. The van der Waals surface area contributed by atoms with Gasteiger partial charge in [0, 0.05) is 6.54 Å². The molecule has 108 valence electrons. The Kier molecular flexibility index (Phi) is 4.91. The predicted octanol–water partition coefficient (Wildman–Crippen LogP) is 3.49. The van der Waals surface area contributed by atoms with Crippen LogP contribution < -0.4 is 0 Å². The number of hydrogen-bond donors (Lipinski definition) is 1. The molecule has 1 aromatic heterocycles. The molecule has 0 aliphatic carbocycles. The number of aliphatic hydroxyl groups is 1. The Morgan fingerprint density at radius 2 is 2.00 bits per heavy atom. The van der Waals surface area contributed by atoms with Gasteiger partial charge in [-0.05, 0) is 52.8 Å². The number of hydrogen-bond acceptors (Lipinski definition) is 3. The lowest BCUT2D eigenvalue weighted by atomic mass is 10.1. The molecule has 1 heterocycles. The Bertz CT molecular complexity index is 588. The molecule has 0 aliphatic heterocycles. The summed E-state index contributed by atoms with van der Waals surface area (Å²) in [5, 5.41) is 10.0. The Morgan fingerprint density at radius 1 is 1.25 bits per heavy atom. The average molecular weight is 346 g/mol. The molecule has 0 spiro atoms. The van der Waals surface area contributed by atoms with Crippen molar-refractivity contribution >= 4 is 15.9 Å². The SMILES string of the molecule is CN(Cc1ccc(Br)o1)CC(O)c1ccc(F)c(F)c1. The molecular formula is C14H14BrF2NO2. The molecule has 2 aromatic rings. The first-order valence-corrected chi connectivity index (χ1v) is 6.81. The van der Waals surface area contributed by atoms with Crippen molar-refractivity contribution in [2.45, 2.75) is 12.6 Å². The standard InChI is InChI=1S/C14H14BrF2NO2/c1-18(7-10-3-5-14(15)20-10)8-13(19)9-2-4-11(16)12(17)6-9/h2-6,13,19H,7-8H2,1H3. The zero-order chi connectivity index (χ0) is 14.7. The number of benzene rings is 1. The molecule has 0 saturated heterocycles. The van der Waals surface area contributed by atoms with Gasteiger partial charge in [0.2, 0.25) is 0 Å². The van der Waals surface area contributed by atoms with E-state index in [0.29, 0.717) is 16.8 Å². The maximum Gasteiger partial charge on any atom is 0.169 e. The van der Waals surface area contributed by atoms with Crippen molar-refractivity contribution in [1.82, 2.24) is 4.90 Å². The van der Waals surface area contributed by atoms with E-state index < -0.39 is 17.7 Å².